The molecule has 1 aliphatic rings. The summed E-state index contributed by atoms with van der Waals surface area (Å²) in [4.78, 5) is 2.26. The number of rotatable bonds is 4. The SMILES string of the molecule is CC(O)(CN1CCOCC1)c1ccc(-c2ccccc2)cc1. The predicted octanol–water partition coefficient (Wildman–Crippen LogP) is 2.89. The highest BCUT2D eigenvalue weighted by Crippen LogP contribution is 2.26. The number of morpholine rings is 1. The van der Waals surface area contributed by atoms with Crippen molar-refractivity contribution in [1.82, 2.24) is 4.90 Å². The van der Waals surface area contributed by atoms with Crippen LogP contribution in [-0.2, 0) is 10.3 Å². The van der Waals surface area contributed by atoms with Crippen LogP contribution in [0.5, 0.6) is 0 Å². The molecule has 0 radical (unpaired) electrons. The molecule has 1 heterocycles. The summed E-state index contributed by atoms with van der Waals surface area (Å²) in [6, 6.07) is 18.5. The van der Waals surface area contributed by atoms with Crippen LogP contribution in [0.3, 0.4) is 0 Å². The maximum absolute atomic E-state index is 10.8. The Bertz CT molecular complexity index is 587. The smallest absolute Gasteiger partial charge is 0.0994 e. The third-order valence-electron chi connectivity index (χ3n) is 4.25. The van der Waals surface area contributed by atoms with Gasteiger partial charge in [0.05, 0.1) is 18.8 Å². The number of hydrogen-bond acceptors (Lipinski definition) is 3. The van der Waals surface area contributed by atoms with Gasteiger partial charge < -0.3 is 9.84 Å². The third kappa shape index (κ3) is 3.55. The van der Waals surface area contributed by atoms with Crippen LogP contribution >= 0.6 is 0 Å². The molecule has 0 saturated carbocycles. The molecule has 1 fully saturated rings. The van der Waals surface area contributed by atoms with Gasteiger partial charge in [0.1, 0.15) is 0 Å². The van der Waals surface area contributed by atoms with Gasteiger partial charge in [-0.05, 0) is 23.6 Å². The molecule has 1 atom stereocenters. The van der Waals surface area contributed by atoms with Crippen LogP contribution in [-0.4, -0.2) is 42.9 Å². The van der Waals surface area contributed by atoms with Gasteiger partial charge in [0, 0.05) is 19.6 Å². The number of hydrogen-bond donors (Lipinski definition) is 1. The van der Waals surface area contributed by atoms with Crippen LogP contribution in [0.4, 0.5) is 0 Å². The molecule has 22 heavy (non-hydrogen) atoms. The summed E-state index contributed by atoms with van der Waals surface area (Å²) in [5.74, 6) is 0. The second kappa shape index (κ2) is 6.61. The fourth-order valence-electron chi connectivity index (χ4n) is 2.94. The average Bonchev–Trinajstić information content (AvgIpc) is 2.56. The summed E-state index contributed by atoms with van der Waals surface area (Å²) in [5.41, 5.74) is 2.49. The first kappa shape index (κ1) is 15.2. The van der Waals surface area contributed by atoms with Gasteiger partial charge in [-0.2, -0.15) is 0 Å². The number of benzene rings is 2. The predicted molar refractivity (Wildman–Crippen MR) is 88.7 cm³/mol. The lowest BCUT2D eigenvalue weighted by molar-refractivity contribution is -0.0253. The molecular formula is C19H23NO2. The highest BCUT2D eigenvalue weighted by molar-refractivity contribution is 5.63. The maximum Gasteiger partial charge on any atom is 0.0994 e. The number of β-amino-alcohol motifs (C(OH)–C–C–N with tert-alkyl or cyclic N) is 1. The van der Waals surface area contributed by atoms with Gasteiger partial charge in [-0.3, -0.25) is 4.90 Å². The van der Waals surface area contributed by atoms with Crippen molar-refractivity contribution in [2.24, 2.45) is 0 Å². The molecule has 1 saturated heterocycles. The number of ether oxygens (including phenoxy) is 1. The Labute approximate surface area is 132 Å². The van der Waals surface area contributed by atoms with Crippen molar-refractivity contribution in [2.45, 2.75) is 12.5 Å². The first-order valence-corrected chi connectivity index (χ1v) is 7.84. The summed E-state index contributed by atoms with van der Waals surface area (Å²) < 4.78 is 5.36. The minimum Gasteiger partial charge on any atom is -0.384 e. The van der Waals surface area contributed by atoms with Crippen molar-refractivity contribution in [3.05, 3.63) is 60.2 Å². The monoisotopic (exact) mass is 297 g/mol. The highest BCUT2D eigenvalue weighted by Gasteiger charge is 2.27. The summed E-state index contributed by atoms with van der Waals surface area (Å²) >= 11 is 0. The largest absolute Gasteiger partial charge is 0.384 e. The Morgan fingerprint density at radius 3 is 2.18 bits per heavy atom. The second-order valence-electron chi connectivity index (χ2n) is 6.11. The van der Waals surface area contributed by atoms with Crippen LogP contribution in [0, 0.1) is 0 Å². The van der Waals surface area contributed by atoms with Crippen molar-refractivity contribution in [3.63, 3.8) is 0 Å². The van der Waals surface area contributed by atoms with E-state index in [0.29, 0.717) is 6.54 Å². The minimum absolute atomic E-state index is 0.640. The van der Waals surface area contributed by atoms with Gasteiger partial charge in [-0.1, -0.05) is 54.6 Å². The van der Waals surface area contributed by atoms with Crippen molar-refractivity contribution in [1.29, 1.82) is 0 Å². The van der Waals surface area contributed by atoms with E-state index in [1.54, 1.807) is 0 Å². The van der Waals surface area contributed by atoms with Crippen molar-refractivity contribution in [3.8, 4) is 11.1 Å². The first-order chi connectivity index (χ1) is 10.6. The molecule has 3 rings (SSSR count). The molecule has 1 aliphatic heterocycles. The Hall–Kier alpha value is -1.68. The molecule has 1 unspecified atom stereocenters. The van der Waals surface area contributed by atoms with E-state index in [2.05, 4.69) is 29.2 Å². The van der Waals surface area contributed by atoms with Gasteiger partial charge in [0.25, 0.3) is 0 Å². The van der Waals surface area contributed by atoms with E-state index in [0.717, 1.165) is 31.9 Å². The summed E-state index contributed by atoms with van der Waals surface area (Å²) in [6.45, 7) is 5.81. The van der Waals surface area contributed by atoms with Crippen molar-refractivity contribution >= 4 is 0 Å². The zero-order chi connectivity index (χ0) is 15.4. The molecule has 2 aromatic rings. The van der Waals surface area contributed by atoms with E-state index in [-0.39, 0.29) is 0 Å². The van der Waals surface area contributed by atoms with E-state index in [9.17, 15) is 5.11 Å². The van der Waals surface area contributed by atoms with E-state index in [4.69, 9.17) is 4.74 Å². The first-order valence-electron chi connectivity index (χ1n) is 7.84. The van der Waals surface area contributed by atoms with Crippen LogP contribution in [0.25, 0.3) is 11.1 Å². The molecule has 0 spiro atoms. The Morgan fingerprint density at radius 1 is 0.955 bits per heavy atom. The van der Waals surface area contributed by atoms with Crippen LogP contribution in [0.2, 0.25) is 0 Å². The van der Waals surface area contributed by atoms with E-state index < -0.39 is 5.60 Å². The average molecular weight is 297 g/mol. The lowest BCUT2D eigenvalue weighted by Gasteiger charge is -2.34. The quantitative estimate of drug-likeness (QED) is 0.942. The molecule has 0 aromatic heterocycles. The van der Waals surface area contributed by atoms with E-state index in [1.807, 2.05) is 37.3 Å². The highest BCUT2D eigenvalue weighted by atomic mass is 16.5. The third-order valence-corrected chi connectivity index (χ3v) is 4.25. The lowest BCUT2D eigenvalue weighted by Crippen LogP contribution is -2.44. The fraction of sp³-hybridized carbons (Fsp3) is 0.368. The van der Waals surface area contributed by atoms with E-state index in [1.165, 1.54) is 11.1 Å². The van der Waals surface area contributed by atoms with Crippen LogP contribution in [0.1, 0.15) is 12.5 Å². The zero-order valence-electron chi connectivity index (χ0n) is 13.0. The van der Waals surface area contributed by atoms with Gasteiger partial charge >= 0.3 is 0 Å². The molecule has 116 valence electrons. The minimum atomic E-state index is -0.841. The van der Waals surface area contributed by atoms with Gasteiger partial charge in [0.2, 0.25) is 0 Å². The van der Waals surface area contributed by atoms with E-state index >= 15 is 0 Å². The maximum atomic E-state index is 10.8. The molecule has 2 aromatic carbocycles. The van der Waals surface area contributed by atoms with Crippen molar-refractivity contribution < 1.29 is 9.84 Å². The normalized spacial score (nSPS) is 18.8. The summed E-state index contributed by atoms with van der Waals surface area (Å²) in [6.07, 6.45) is 0. The van der Waals surface area contributed by atoms with Crippen molar-refractivity contribution in [2.75, 3.05) is 32.8 Å². The lowest BCUT2D eigenvalue weighted by atomic mass is 9.93. The second-order valence-corrected chi connectivity index (χ2v) is 6.11. The van der Waals surface area contributed by atoms with Crippen LogP contribution < -0.4 is 0 Å². The molecule has 0 amide bonds. The molecular weight excluding hydrogens is 274 g/mol. The standard InChI is InChI=1S/C19H23NO2/c1-19(21,15-20-11-13-22-14-12-20)18-9-7-17(8-10-18)16-5-3-2-4-6-16/h2-10,21H,11-15H2,1H3. The zero-order valence-corrected chi connectivity index (χ0v) is 13.0. The Balaban J connectivity index is 1.73. The topological polar surface area (TPSA) is 32.7 Å². The Morgan fingerprint density at radius 2 is 1.55 bits per heavy atom. The number of aliphatic hydroxyl groups is 1. The Kier molecular flexibility index (Phi) is 4.57. The molecule has 3 nitrogen and oxygen atoms in total. The number of nitrogens with zero attached hydrogens (tertiary/aromatic N) is 1. The molecule has 0 bridgehead atoms. The molecule has 1 N–H and O–H groups in total. The summed E-state index contributed by atoms with van der Waals surface area (Å²) in [5, 5.41) is 10.8. The van der Waals surface area contributed by atoms with Crippen LogP contribution in [0.15, 0.2) is 54.6 Å². The fourth-order valence-corrected chi connectivity index (χ4v) is 2.94. The summed E-state index contributed by atoms with van der Waals surface area (Å²) in [7, 11) is 0. The molecule has 3 heteroatoms. The van der Waals surface area contributed by atoms with Gasteiger partial charge in [0.15, 0.2) is 0 Å². The van der Waals surface area contributed by atoms with Gasteiger partial charge in [-0.25, -0.2) is 0 Å². The van der Waals surface area contributed by atoms with Gasteiger partial charge in [-0.15, -0.1) is 0 Å². The molecule has 0 aliphatic carbocycles.